The maximum atomic E-state index is 13.6. The average Bonchev–Trinajstić information content (AvgIpc) is 2.32. The van der Waals surface area contributed by atoms with Gasteiger partial charge in [0.15, 0.2) is 0 Å². The molecular formula is C12H19FN2O2. The molecule has 0 fully saturated rings. The largest absolute Gasteiger partial charge is 0.497 e. The van der Waals surface area contributed by atoms with Crippen molar-refractivity contribution >= 4 is 5.69 Å². The molecule has 17 heavy (non-hydrogen) atoms. The summed E-state index contributed by atoms with van der Waals surface area (Å²) in [6.07, 6.45) is 0. The van der Waals surface area contributed by atoms with Gasteiger partial charge in [-0.25, -0.2) is 4.39 Å². The molecule has 0 radical (unpaired) electrons. The Morgan fingerprint density at radius 1 is 1.41 bits per heavy atom. The van der Waals surface area contributed by atoms with Crippen LogP contribution in [0.4, 0.5) is 10.1 Å². The van der Waals surface area contributed by atoms with Crippen molar-refractivity contribution in [3.05, 3.63) is 24.0 Å². The molecule has 4 nitrogen and oxygen atoms in total. The molecule has 0 saturated carbocycles. The zero-order valence-corrected chi connectivity index (χ0v) is 10.4. The summed E-state index contributed by atoms with van der Waals surface area (Å²) < 4.78 is 23.7. The van der Waals surface area contributed by atoms with Crippen molar-refractivity contribution in [2.75, 3.05) is 32.7 Å². The number of methoxy groups -OCH3 is 2. The monoisotopic (exact) mass is 242 g/mol. The van der Waals surface area contributed by atoms with Crippen molar-refractivity contribution < 1.29 is 13.9 Å². The second kappa shape index (κ2) is 5.84. The van der Waals surface area contributed by atoms with Gasteiger partial charge in [0, 0.05) is 19.7 Å². The van der Waals surface area contributed by atoms with Gasteiger partial charge in [-0.2, -0.15) is 0 Å². The maximum Gasteiger partial charge on any atom is 0.146 e. The van der Waals surface area contributed by atoms with Gasteiger partial charge in [-0.3, -0.25) is 0 Å². The number of nitrogens with two attached hydrogens (primary N) is 1. The van der Waals surface area contributed by atoms with Gasteiger partial charge in [0.25, 0.3) is 0 Å². The molecule has 5 heteroatoms. The lowest BCUT2D eigenvalue weighted by Gasteiger charge is -2.30. The average molecular weight is 242 g/mol. The van der Waals surface area contributed by atoms with Crippen LogP contribution in [0.15, 0.2) is 18.2 Å². The van der Waals surface area contributed by atoms with E-state index in [9.17, 15) is 4.39 Å². The summed E-state index contributed by atoms with van der Waals surface area (Å²) in [7, 11) is 3.12. The summed E-state index contributed by atoms with van der Waals surface area (Å²) in [4.78, 5) is 0. The minimum absolute atomic E-state index is 0.331. The normalized spacial score (nSPS) is 14.2. The first-order valence-electron chi connectivity index (χ1n) is 5.35. The van der Waals surface area contributed by atoms with Crippen LogP contribution >= 0.6 is 0 Å². The van der Waals surface area contributed by atoms with Gasteiger partial charge in [0.1, 0.15) is 11.6 Å². The van der Waals surface area contributed by atoms with Gasteiger partial charge >= 0.3 is 0 Å². The maximum absolute atomic E-state index is 13.6. The molecule has 1 atom stereocenters. The Morgan fingerprint density at radius 3 is 2.65 bits per heavy atom. The third-order valence-electron chi connectivity index (χ3n) is 2.52. The molecule has 1 rings (SSSR count). The SMILES string of the molecule is COCC(C)(CN)Nc1cc(OC)ccc1F. The summed E-state index contributed by atoms with van der Waals surface area (Å²) in [5, 5.41) is 3.04. The van der Waals surface area contributed by atoms with Crippen molar-refractivity contribution in [1.29, 1.82) is 0 Å². The number of rotatable bonds is 6. The molecule has 0 spiro atoms. The van der Waals surface area contributed by atoms with Gasteiger partial charge in [-0.05, 0) is 19.1 Å². The van der Waals surface area contributed by atoms with Crippen LogP contribution in [0.3, 0.4) is 0 Å². The molecule has 0 amide bonds. The molecule has 0 aliphatic rings. The predicted molar refractivity (Wildman–Crippen MR) is 65.9 cm³/mol. The van der Waals surface area contributed by atoms with Gasteiger partial charge in [0.05, 0.1) is 24.9 Å². The lowest BCUT2D eigenvalue weighted by Crippen LogP contribution is -2.46. The zero-order valence-electron chi connectivity index (χ0n) is 10.4. The Hall–Kier alpha value is -1.33. The fourth-order valence-electron chi connectivity index (χ4n) is 1.52. The van der Waals surface area contributed by atoms with Gasteiger partial charge in [0.2, 0.25) is 0 Å². The molecule has 3 N–H and O–H groups in total. The highest BCUT2D eigenvalue weighted by atomic mass is 19.1. The number of ether oxygens (including phenoxy) is 2. The third kappa shape index (κ3) is 3.57. The van der Waals surface area contributed by atoms with Crippen molar-refractivity contribution in [3.8, 4) is 5.75 Å². The number of anilines is 1. The van der Waals surface area contributed by atoms with E-state index in [4.69, 9.17) is 15.2 Å². The minimum Gasteiger partial charge on any atom is -0.497 e. The fraction of sp³-hybridized carbons (Fsp3) is 0.500. The second-order valence-corrected chi connectivity index (χ2v) is 4.17. The van der Waals surface area contributed by atoms with Gasteiger partial charge < -0.3 is 20.5 Å². The van der Waals surface area contributed by atoms with E-state index in [0.717, 1.165) is 0 Å². The molecule has 0 aliphatic heterocycles. The first-order valence-corrected chi connectivity index (χ1v) is 5.35. The first kappa shape index (κ1) is 13.7. The molecule has 1 aromatic carbocycles. The molecule has 0 heterocycles. The van der Waals surface area contributed by atoms with Crippen molar-refractivity contribution in [2.45, 2.75) is 12.5 Å². The summed E-state index contributed by atoms with van der Waals surface area (Å²) in [6, 6.07) is 4.51. The Morgan fingerprint density at radius 2 is 2.12 bits per heavy atom. The van der Waals surface area contributed by atoms with Crippen LogP contribution in [0, 0.1) is 5.82 Å². The van der Waals surface area contributed by atoms with Crippen LogP contribution in [0.2, 0.25) is 0 Å². The third-order valence-corrected chi connectivity index (χ3v) is 2.52. The molecule has 1 aromatic rings. The van der Waals surface area contributed by atoms with Crippen LogP contribution in [0.5, 0.6) is 5.75 Å². The van der Waals surface area contributed by atoms with E-state index >= 15 is 0 Å². The van der Waals surface area contributed by atoms with E-state index in [1.807, 2.05) is 6.92 Å². The van der Waals surface area contributed by atoms with E-state index < -0.39 is 5.54 Å². The Labute approximate surface area is 101 Å². The topological polar surface area (TPSA) is 56.5 Å². The first-order chi connectivity index (χ1) is 8.04. The van der Waals surface area contributed by atoms with Gasteiger partial charge in [-0.1, -0.05) is 0 Å². The Balaban J connectivity index is 2.92. The van der Waals surface area contributed by atoms with Gasteiger partial charge in [-0.15, -0.1) is 0 Å². The van der Waals surface area contributed by atoms with Crippen LogP contribution in [0.25, 0.3) is 0 Å². The van der Waals surface area contributed by atoms with Crippen LogP contribution in [-0.4, -0.2) is 32.9 Å². The van der Waals surface area contributed by atoms with E-state index in [1.165, 1.54) is 13.2 Å². The van der Waals surface area contributed by atoms with Crippen molar-refractivity contribution in [1.82, 2.24) is 0 Å². The quantitative estimate of drug-likeness (QED) is 0.795. The lowest BCUT2D eigenvalue weighted by atomic mass is 10.0. The lowest BCUT2D eigenvalue weighted by molar-refractivity contribution is 0.153. The molecule has 0 aromatic heterocycles. The number of hydrogen-bond donors (Lipinski definition) is 2. The number of benzene rings is 1. The molecule has 0 bridgehead atoms. The predicted octanol–water partition coefficient (Wildman–Crippen LogP) is 1.61. The smallest absolute Gasteiger partial charge is 0.146 e. The summed E-state index contributed by atoms with van der Waals surface area (Å²) >= 11 is 0. The number of halogens is 1. The Kier molecular flexibility index (Phi) is 4.72. The molecule has 0 aliphatic carbocycles. The Bertz CT molecular complexity index is 374. The van der Waals surface area contributed by atoms with E-state index in [1.54, 1.807) is 19.2 Å². The number of nitrogens with one attached hydrogen (secondary N) is 1. The number of hydrogen-bond acceptors (Lipinski definition) is 4. The summed E-state index contributed by atoms with van der Waals surface area (Å²) in [5.41, 5.74) is 5.51. The summed E-state index contributed by atoms with van der Waals surface area (Å²) in [6.45, 7) is 2.59. The summed E-state index contributed by atoms with van der Waals surface area (Å²) in [5.74, 6) is 0.243. The zero-order chi connectivity index (χ0) is 12.9. The van der Waals surface area contributed by atoms with E-state index in [2.05, 4.69) is 5.32 Å². The highest BCUT2D eigenvalue weighted by Crippen LogP contribution is 2.24. The minimum atomic E-state index is -0.512. The highest BCUT2D eigenvalue weighted by molar-refractivity contribution is 5.51. The fourth-order valence-corrected chi connectivity index (χ4v) is 1.52. The molecule has 96 valence electrons. The van der Waals surface area contributed by atoms with Crippen LogP contribution in [-0.2, 0) is 4.74 Å². The molecule has 0 saturated heterocycles. The molecule has 1 unspecified atom stereocenters. The van der Waals surface area contributed by atoms with E-state index in [-0.39, 0.29) is 5.82 Å². The molecular weight excluding hydrogens is 223 g/mol. The van der Waals surface area contributed by atoms with Crippen LogP contribution < -0.4 is 15.8 Å². The van der Waals surface area contributed by atoms with Crippen molar-refractivity contribution in [2.24, 2.45) is 5.73 Å². The van der Waals surface area contributed by atoms with Crippen molar-refractivity contribution in [3.63, 3.8) is 0 Å². The van der Waals surface area contributed by atoms with Crippen LogP contribution in [0.1, 0.15) is 6.92 Å². The highest BCUT2D eigenvalue weighted by Gasteiger charge is 2.23. The van der Waals surface area contributed by atoms with E-state index in [0.29, 0.717) is 24.6 Å². The second-order valence-electron chi connectivity index (χ2n) is 4.17. The standard InChI is InChI=1S/C12H19FN2O2/c1-12(7-14,8-16-2)15-11-6-9(17-3)4-5-10(11)13/h4-6,15H,7-8,14H2,1-3H3.